The number of fused-ring (bicyclic) bond motifs is 1. The van der Waals surface area contributed by atoms with E-state index in [0.29, 0.717) is 5.75 Å². The SMILES string of the molecule is O=C1N[C@H](c2ccc3c(c2)OCO3)[C@H](C(=O)C(F)(F)F)[C@](O)(c2ccc(Cl)cc2)N1. The first kappa shape index (κ1) is 20.3. The molecule has 158 valence electrons. The smallest absolute Gasteiger partial charge is 0.450 e. The Labute approximate surface area is 172 Å². The number of halogens is 4. The molecule has 0 unspecified atom stereocenters. The van der Waals surface area contributed by atoms with Crippen LogP contribution in [0.1, 0.15) is 17.2 Å². The molecular weight excluding hydrogens is 429 g/mol. The van der Waals surface area contributed by atoms with Crippen LogP contribution in [0.5, 0.6) is 11.5 Å². The van der Waals surface area contributed by atoms with Gasteiger partial charge in [-0.15, -0.1) is 0 Å². The fourth-order valence-electron chi connectivity index (χ4n) is 3.61. The Bertz CT molecular complexity index is 1010. The van der Waals surface area contributed by atoms with Crippen molar-refractivity contribution in [2.45, 2.75) is 17.9 Å². The van der Waals surface area contributed by atoms with Crippen LogP contribution in [-0.2, 0) is 10.5 Å². The number of ether oxygens (including phenoxy) is 2. The number of carbonyl (C=O) groups is 2. The molecule has 2 aromatic carbocycles. The maximum atomic E-state index is 13.5. The maximum absolute atomic E-state index is 13.5. The van der Waals surface area contributed by atoms with E-state index in [9.17, 15) is 27.9 Å². The average molecular weight is 443 g/mol. The van der Waals surface area contributed by atoms with Gasteiger partial charge in [0.25, 0.3) is 0 Å². The summed E-state index contributed by atoms with van der Waals surface area (Å²) in [6.07, 6.45) is -5.27. The molecular formula is C19H14ClF3N2O5. The Morgan fingerprint density at radius 1 is 1.13 bits per heavy atom. The molecule has 7 nitrogen and oxygen atoms in total. The lowest BCUT2D eigenvalue weighted by Gasteiger charge is -2.45. The lowest BCUT2D eigenvalue weighted by atomic mass is 9.76. The summed E-state index contributed by atoms with van der Waals surface area (Å²) in [5, 5.41) is 15.9. The van der Waals surface area contributed by atoms with Crippen LogP contribution in [0.25, 0.3) is 0 Å². The van der Waals surface area contributed by atoms with Crippen molar-refractivity contribution in [1.29, 1.82) is 0 Å². The summed E-state index contributed by atoms with van der Waals surface area (Å²) < 4.78 is 50.9. The summed E-state index contributed by atoms with van der Waals surface area (Å²) in [4.78, 5) is 24.7. The van der Waals surface area contributed by atoms with Crippen LogP contribution >= 0.6 is 11.6 Å². The normalized spacial score (nSPS) is 25.4. The van der Waals surface area contributed by atoms with Gasteiger partial charge in [-0.1, -0.05) is 29.8 Å². The van der Waals surface area contributed by atoms with Gasteiger partial charge in [0.15, 0.2) is 17.2 Å². The van der Waals surface area contributed by atoms with E-state index < -0.39 is 35.7 Å². The minimum atomic E-state index is -5.27. The monoisotopic (exact) mass is 442 g/mol. The van der Waals surface area contributed by atoms with E-state index in [1.54, 1.807) is 0 Å². The minimum Gasteiger partial charge on any atom is -0.454 e. The molecule has 0 radical (unpaired) electrons. The Hall–Kier alpha value is -2.98. The zero-order valence-electron chi connectivity index (χ0n) is 15.0. The highest BCUT2D eigenvalue weighted by atomic mass is 35.5. The molecule has 30 heavy (non-hydrogen) atoms. The number of amides is 2. The quantitative estimate of drug-likeness (QED) is 0.679. The van der Waals surface area contributed by atoms with Crippen LogP contribution in [-0.4, -0.2) is 29.9 Å². The topological polar surface area (TPSA) is 96.9 Å². The Balaban J connectivity index is 1.86. The van der Waals surface area contributed by atoms with E-state index >= 15 is 0 Å². The third-order valence-corrected chi connectivity index (χ3v) is 5.23. The number of ketones is 1. The minimum absolute atomic E-state index is 0.0724. The Kier molecular flexibility index (Phi) is 4.78. The van der Waals surface area contributed by atoms with E-state index in [-0.39, 0.29) is 28.7 Å². The van der Waals surface area contributed by atoms with Crippen LogP contribution in [0, 0.1) is 5.92 Å². The molecule has 1 fully saturated rings. The Morgan fingerprint density at radius 3 is 2.47 bits per heavy atom. The molecule has 0 aliphatic carbocycles. The lowest BCUT2D eigenvalue weighted by Crippen LogP contribution is -2.66. The second kappa shape index (κ2) is 7.06. The molecule has 2 aliphatic heterocycles. The molecule has 0 bridgehead atoms. The number of carbonyl (C=O) groups excluding carboxylic acids is 2. The van der Waals surface area contributed by atoms with Gasteiger partial charge in [0.05, 0.1) is 6.04 Å². The molecule has 0 spiro atoms. The van der Waals surface area contributed by atoms with Crippen molar-refractivity contribution in [1.82, 2.24) is 10.6 Å². The van der Waals surface area contributed by atoms with E-state index in [1.165, 1.54) is 42.5 Å². The van der Waals surface area contributed by atoms with Crippen molar-refractivity contribution < 1.29 is 37.3 Å². The van der Waals surface area contributed by atoms with Gasteiger partial charge in [-0.05, 0) is 29.8 Å². The zero-order chi connectivity index (χ0) is 21.7. The summed E-state index contributed by atoms with van der Waals surface area (Å²) in [6, 6.07) is 6.86. The zero-order valence-corrected chi connectivity index (χ0v) is 15.8. The van der Waals surface area contributed by atoms with Crippen molar-refractivity contribution in [2.75, 3.05) is 6.79 Å². The number of urea groups is 1. The molecule has 0 aromatic heterocycles. The number of aliphatic hydroxyl groups is 1. The maximum Gasteiger partial charge on any atom is 0.450 e. The first-order valence-corrected chi connectivity index (χ1v) is 9.05. The number of rotatable bonds is 3. The van der Waals surface area contributed by atoms with Crippen LogP contribution in [0.3, 0.4) is 0 Å². The van der Waals surface area contributed by atoms with Crippen LogP contribution in [0.2, 0.25) is 5.02 Å². The third-order valence-electron chi connectivity index (χ3n) is 4.98. The number of benzene rings is 2. The largest absolute Gasteiger partial charge is 0.454 e. The predicted octanol–water partition coefficient (Wildman–Crippen LogP) is 3.02. The molecule has 2 aromatic rings. The summed E-state index contributed by atoms with van der Waals surface area (Å²) in [5.41, 5.74) is -2.65. The third kappa shape index (κ3) is 3.41. The standard InChI is InChI=1S/C19H14ClF3N2O5/c20-11-4-2-10(3-5-11)18(28)14(16(26)19(21,22)23)15(24-17(27)25-18)9-1-6-12-13(7-9)30-8-29-12/h1-7,14-15,28H,8H2,(H2,24,25,27)/t14-,15-,18-/m1/s1. The highest BCUT2D eigenvalue weighted by molar-refractivity contribution is 6.30. The second-order valence-corrected chi connectivity index (χ2v) is 7.24. The van der Waals surface area contributed by atoms with Crippen LogP contribution in [0.4, 0.5) is 18.0 Å². The molecule has 3 atom stereocenters. The number of hydrogen-bond donors (Lipinski definition) is 3. The second-order valence-electron chi connectivity index (χ2n) is 6.80. The van der Waals surface area contributed by atoms with Crippen molar-refractivity contribution in [2.24, 2.45) is 5.92 Å². The van der Waals surface area contributed by atoms with Crippen LogP contribution < -0.4 is 20.1 Å². The van der Waals surface area contributed by atoms with Crippen molar-refractivity contribution >= 4 is 23.4 Å². The first-order valence-electron chi connectivity index (χ1n) is 8.67. The number of Topliss-reactive ketones (excluding diaryl/α,β-unsaturated/α-hetero) is 1. The highest BCUT2D eigenvalue weighted by Crippen LogP contribution is 2.45. The molecule has 3 N–H and O–H groups in total. The number of hydrogen-bond acceptors (Lipinski definition) is 5. The van der Waals surface area contributed by atoms with Gasteiger partial charge in [-0.25, -0.2) is 4.79 Å². The molecule has 1 saturated heterocycles. The summed E-state index contributed by atoms with van der Waals surface area (Å²) in [6.45, 7) is -0.0724. The average Bonchev–Trinajstić information content (AvgIpc) is 3.14. The van der Waals surface area contributed by atoms with Gasteiger partial charge < -0.3 is 25.2 Å². The molecule has 4 rings (SSSR count). The predicted molar refractivity (Wildman–Crippen MR) is 96.9 cm³/mol. The van der Waals surface area contributed by atoms with Gasteiger partial charge in [-0.3, -0.25) is 4.79 Å². The number of nitrogens with one attached hydrogen (secondary N) is 2. The molecule has 0 saturated carbocycles. The molecule has 11 heteroatoms. The van der Waals surface area contributed by atoms with Crippen molar-refractivity contribution in [3.63, 3.8) is 0 Å². The van der Waals surface area contributed by atoms with Gasteiger partial charge in [0, 0.05) is 10.6 Å². The van der Waals surface area contributed by atoms with Gasteiger partial charge in [0.2, 0.25) is 12.6 Å². The van der Waals surface area contributed by atoms with E-state index in [1.807, 2.05) is 0 Å². The summed E-state index contributed by atoms with van der Waals surface area (Å²) in [5.74, 6) is -3.74. The van der Waals surface area contributed by atoms with Crippen LogP contribution in [0.15, 0.2) is 42.5 Å². The van der Waals surface area contributed by atoms with Crippen molar-refractivity contribution in [3.8, 4) is 11.5 Å². The molecule has 2 heterocycles. The number of alkyl halides is 3. The molecule has 2 aliphatic rings. The fourth-order valence-corrected chi connectivity index (χ4v) is 3.73. The molecule has 2 amide bonds. The van der Waals surface area contributed by atoms with Gasteiger partial charge >= 0.3 is 12.2 Å². The summed E-state index contributed by atoms with van der Waals surface area (Å²) >= 11 is 5.82. The van der Waals surface area contributed by atoms with E-state index in [4.69, 9.17) is 21.1 Å². The van der Waals surface area contributed by atoms with E-state index in [2.05, 4.69) is 10.6 Å². The van der Waals surface area contributed by atoms with Gasteiger partial charge in [-0.2, -0.15) is 13.2 Å². The summed E-state index contributed by atoms with van der Waals surface area (Å²) in [7, 11) is 0. The lowest BCUT2D eigenvalue weighted by molar-refractivity contribution is -0.190. The Morgan fingerprint density at radius 2 is 1.80 bits per heavy atom. The van der Waals surface area contributed by atoms with E-state index in [0.717, 1.165) is 0 Å². The fraction of sp³-hybridized carbons (Fsp3) is 0.263. The van der Waals surface area contributed by atoms with Gasteiger partial charge in [0.1, 0.15) is 5.92 Å². The first-order chi connectivity index (χ1) is 14.1. The highest BCUT2D eigenvalue weighted by Gasteiger charge is 2.59. The van der Waals surface area contributed by atoms with Crippen molar-refractivity contribution in [3.05, 3.63) is 58.6 Å².